The summed E-state index contributed by atoms with van der Waals surface area (Å²) in [4.78, 5) is 19.9. The van der Waals surface area contributed by atoms with Gasteiger partial charge in [-0.2, -0.15) is 21.0 Å². The lowest BCUT2D eigenvalue weighted by molar-refractivity contribution is 0.961. The SMILES string of the molecule is C=C/C=C(\C=C)c1cc2cnc3cc(-c4ccsc4)nn3c2[nH]c1=O. The molecule has 4 heterocycles. The zero-order valence-electron chi connectivity index (χ0n) is 13.3. The number of H-pyrrole nitrogens is 1. The average Bonchev–Trinajstić information content (AvgIpc) is 3.28. The second kappa shape index (κ2) is 5.99. The van der Waals surface area contributed by atoms with Gasteiger partial charge in [0.25, 0.3) is 5.56 Å². The predicted molar refractivity (Wildman–Crippen MR) is 103 cm³/mol. The van der Waals surface area contributed by atoms with Crippen molar-refractivity contribution < 1.29 is 0 Å². The highest BCUT2D eigenvalue weighted by atomic mass is 32.1. The van der Waals surface area contributed by atoms with Gasteiger partial charge in [-0.1, -0.05) is 31.4 Å². The van der Waals surface area contributed by atoms with Crippen LogP contribution >= 0.6 is 11.3 Å². The molecule has 0 aromatic carbocycles. The number of thiophene rings is 1. The van der Waals surface area contributed by atoms with Crippen molar-refractivity contribution in [2.24, 2.45) is 0 Å². The van der Waals surface area contributed by atoms with Crippen LogP contribution in [0.2, 0.25) is 0 Å². The molecular weight excluding hydrogens is 332 g/mol. The topological polar surface area (TPSA) is 63.1 Å². The number of aromatic nitrogens is 4. The van der Waals surface area contributed by atoms with Crippen molar-refractivity contribution in [1.82, 2.24) is 19.6 Å². The Labute approximate surface area is 147 Å². The van der Waals surface area contributed by atoms with Gasteiger partial charge in [-0.3, -0.25) is 4.79 Å². The molecule has 0 aliphatic heterocycles. The summed E-state index contributed by atoms with van der Waals surface area (Å²) in [6.07, 6.45) is 6.74. The minimum Gasteiger partial charge on any atom is -0.306 e. The molecule has 4 aromatic heterocycles. The van der Waals surface area contributed by atoms with Gasteiger partial charge in [0.1, 0.15) is 5.65 Å². The van der Waals surface area contributed by atoms with E-state index in [-0.39, 0.29) is 5.56 Å². The van der Waals surface area contributed by atoms with Crippen LogP contribution in [0.3, 0.4) is 0 Å². The number of aromatic amines is 1. The Morgan fingerprint density at radius 3 is 2.92 bits per heavy atom. The second-order valence-electron chi connectivity index (χ2n) is 5.45. The molecule has 4 rings (SSSR count). The van der Waals surface area contributed by atoms with Crippen LogP contribution in [-0.4, -0.2) is 19.6 Å². The van der Waals surface area contributed by atoms with Gasteiger partial charge >= 0.3 is 0 Å². The summed E-state index contributed by atoms with van der Waals surface area (Å²) in [5.74, 6) is 0. The normalized spacial score (nSPS) is 11.9. The third-order valence-corrected chi connectivity index (χ3v) is 4.62. The fourth-order valence-electron chi connectivity index (χ4n) is 2.73. The third kappa shape index (κ3) is 2.53. The van der Waals surface area contributed by atoms with Gasteiger partial charge in [-0.25, -0.2) is 4.98 Å². The molecule has 0 amide bonds. The summed E-state index contributed by atoms with van der Waals surface area (Å²) in [6, 6.07) is 5.70. The van der Waals surface area contributed by atoms with Crippen LogP contribution in [-0.2, 0) is 0 Å². The molecule has 122 valence electrons. The van der Waals surface area contributed by atoms with E-state index in [2.05, 4.69) is 28.2 Å². The summed E-state index contributed by atoms with van der Waals surface area (Å²) < 4.78 is 1.66. The molecule has 25 heavy (non-hydrogen) atoms. The lowest BCUT2D eigenvalue weighted by Gasteiger charge is -2.05. The third-order valence-electron chi connectivity index (χ3n) is 3.93. The molecule has 0 saturated carbocycles. The zero-order valence-corrected chi connectivity index (χ0v) is 14.1. The molecule has 0 radical (unpaired) electrons. The van der Waals surface area contributed by atoms with Gasteiger partial charge in [0, 0.05) is 34.2 Å². The van der Waals surface area contributed by atoms with E-state index in [4.69, 9.17) is 0 Å². The molecule has 0 unspecified atom stereocenters. The number of nitrogens with one attached hydrogen (secondary N) is 1. The predicted octanol–water partition coefficient (Wildman–Crippen LogP) is 4.05. The molecule has 0 atom stereocenters. The van der Waals surface area contributed by atoms with Crippen LogP contribution in [0.25, 0.3) is 33.5 Å². The minimum absolute atomic E-state index is 0.208. The van der Waals surface area contributed by atoms with Gasteiger partial charge < -0.3 is 4.98 Å². The Hall–Kier alpha value is -3.25. The second-order valence-corrected chi connectivity index (χ2v) is 6.23. The van der Waals surface area contributed by atoms with Gasteiger partial charge in [0.2, 0.25) is 0 Å². The van der Waals surface area contributed by atoms with E-state index >= 15 is 0 Å². The molecule has 5 nitrogen and oxygen atoms in total. The molecule has 0 spiro atoms. The molecule has 0 bridgehead atoms. The van der Waals surface area contributed by atoms with E-state index in [0.29, 0.717) is 22.4 Å². The first kappa shape index (κ1) is 15.3. The Morgan fingerprint density at radius 1 is 1.32 bits per heavy atom. The van der Waals surface area contributed by atoms with Crippen molar-refractivity contribution in [3.8, 4) is 11.3 Å². The maximum Gasteiger partial charge on any atom is 0.257 e. The zero-order chi connectivity index (χ0) is 17.4. The van der Waals surface area contributed by atoms with Crippen molar-refractivity contribution >= 4 is 33.6 Å². The van der Waals surface area contributed by atoms with Gasteiger partial charge in [0.15, 0.2) is 5.65 Å². The number of pyridine rings is 1. The van der Waals surface area contributed by atoms with E-state index in [1.165, 1.54) is 0 Å². The van der Waals surface area contributed by atoms with E-state index in [1.54, 1.807) is 46.3 Å². The lowest BCUT2D eigenvalue weighted by atomic mass is 10.1. The van der Waals surface area contributed by atoms with Crippen LogP contribution < -0.4 is 5.56 Å². The minimum atomic E-state index is -0.208. The van der Waals surface area contributed by atoms with Gasteiger partial charge in [0.05, 0.1) is 5.69 Å². The van der Waals surface area contributed by atoms with Crippen molar-refractivity contribution in [1.29, 1.82) is 0 Å². The van der Waals surface area contributed by atoms with E-state index < -0.39 is 0 Å². The molecular formula is C19H14N4OS. The van der Waals surface area contributed by atoms with Crippen molar-refractivity contribution in [3.63, 3.8) is 0 Å². The van der Waals surface area contributed by atoms with Crippen LogP contribution in [0.15, 0.2) is 71.3 Å². The molecule has 6 heteroatoms. The average molecular weight is 346 g/mol. The Morgan fingerprint density at radius 2 is 2.20 bits per heavy atom. The molecule has 0 fully saturated rings. The van der Waals surface area contributed by atoms with Crippen LogP contribution in [0, 0.1) is 0 Å². The summed E-state index contributed by atoms with van der Waals surface area (Å²) in [5.41, 5.74) is 4.17. The van der Waals surface area contributed by atoms with Crippen molar-refractivity contribution in [2.45, 2.75) is 0 Å². The Balaban J connectivity index is 1.98. The van der Waals surface area contributed by atoms with Crippen molar-refractivity contribution in [3.05, 3.63) is 82.5 Å². The van der Waals surface area contributed by atoms with Crippen LogP contribution in [0.4, 0.5) is 0 Å². The van der Waals surface area contributed by atoms with E-state index in [0.717, 1.165) is 16.6 Å². The van der Waals surface area contributed by atoms with Crippen molar-refractivity contribution in [2.75, 3.05) is 0 Å². The molecule has 1 N–H and O–H groups in total. The molecule has 0 saturated heterocycles. The summed E-state index contributed by atoms with van der Waals surface area (Å²) in [7, 11) is 0. The summed E-state index contributed by atoms with van der Waals surface area (Å²) >= 11 is 1.61. The van der Waals surface area contributed by atoms with Gasteiger partial charge in [-0.05, 0) is 23.1 Å². The van der Waals surface area contributed by atoms with Gasteiger partial charge in [-0.15, -0.1) is 0 Å². The lowest BCUT2D eigenvalue weighted by Crippen LogP contribution is -2.13. The number of rotatable bonds is 4. The van der Waals surface area contributed by atoms with E-state index in [1.807, 2.05) is 22.9 Å². The fraction of sp³-hybridized carbons (Fsp3) is 0. The molecule has 0 aliphatic carbocycles. The first-order valence-corrected chi connectivity index (χ1v) is 8.55. The first-order valence-electron chi connectivity index (χ1n) is 7.61. The Kier molecular flexibility index (Phi) is 3.66. The highest BCUT2D eigenvalue weighted by molar-refractivity contribution is 7.08. The highest BCUT2D eigenvalue weighted by Crippen LogP contribution is 2.23. The van der Waals surface area contributed by atoms with Crippen LogP contribution in [0.5, 0.6) is 0 Å². The number of nitrogens with zero attached hydrogens (tertiary/aromatic N) is 3. The smallest absolute Gasteiger partial charge is 0.257 e. The number of hydrogen-bond acceptors (Lipinski definition) is 4. The van der Waals surface area contributed by atoms with Crippen LogP contribution in [0.1, 0.15) is 5.56 Å². The summed E-state index contributed by atoms with van der Waals surface area (Å²) in [6.45, 7) is 7.43. The Bertz CT molecular complexity index is 1200. The largest absolute Gasteiger partial charge is 0.306 e. The quantitative estimate of drug-likeness (QED) is 0.567. The fourth-order valence-corrected chi connectivity index (χ4v) is 3.38. The maximum atomic E-state index is 12.5. The summed E-state index contributed by atoms with van der Waals surface area (Å²) in [5, 5.41) is 9.42. The van der Waals surface area contributed by atoms with E-state index in [9.17, 15) is 4.79 Å². The number of hydrogen-bond donors (Lipinski definition) is 1. The first-order chi connectivity index (χ1) is 12.2. The molecule has 4 aromatic rings. The highest BCUT2D eigenvalue weighted by Gasteiger charge is 2.12. The molecule has 0 aliphatic rings. The number of allylic oxidation sites excluding steroid dienone is 4. The standard InChI is InChI=1S/C19H14N4OS/c1-3-5-12(4-2)15-8-14-10-20-17-9-16(13-6-7-25-11-13)22-23(17)18(14)21-19(15)24/h3-11H,1-2H2,(H,21,24)/b12-5+. The maximum absolute atomic E-state index is 12.5. The number of fused-ring (bicyclic) bond motifs is 3. The monoisotopic (exact) mass is 346 g/mol.